The molecule has 2 heterocycles. The van der Waals surface area contributed by atoms with Crippen LogP contribution in [0.4, 0.5) is 0 Å². The molecule has 0 aliphatic carbocycles. The van der Waals surface area contributed by atoms with E-state index in [-0.39, 0.29) is 0 Å². The highest BCUT2D eigenvalue weighted by atomic mass is 14.9. The maximum absolute atomic E-state index is 4.51. The number of piperidine rings is 1. The highest BCUT2D eigenvalue weighted by molar-refractivity contribution is 5.25. The van der Waals surface area contributed by atoms with Gasteiger partial charge in [-0.1, -0.05) is 12.5 Å². The van der Waals surface area contributed by atoms with Crippen LogP contribution in [0.3, 0.4) is 0 Å². The van der Waals surface area contributed by atoms with E-state index in [1.807, 2.05) is 6.92 Å². The van der Waals surface area contributed by atoms with Crippen molar-refractivity contribution in [1.82, 2.24) is 10.3 Å². The Hall–Kier alpha value is -0.890. The smallest absolute Gasteiger partial charge is 0.0423 e. The molecular weight excluding hydrogens is 172 g/mol. The fraction of sp³-hybridized carbons (Fsp3) is 0.583. The zero-order valence-electron chi connectivity index (χ0n) is 9.01. The van der Waals surface area contributed by atoms with Crippen LogP contribution in [-0.4, -0.2) is 11.5 Å². The molecule has 1 atom stereocenters. The summed E-state index contributed by atoms with van der Waals surface area (Å²) >= 11 is 0. The molecule has 2 heteroatoms. The summed E-state index contributed by atoms with van der Waals surface area (Å²) in [5.74, 6) is 0. The monoisotopic (exact) mass is 190 g/mol. The molecule has 0 radical (unpaired) electrons. The number of aromatic nitrogens is 1. The van der Waals surface area contributed by atoms with Gasteiger partial charge >= 0.3 is 0 Å². The van der Waals surface area contributed by atoms with E-state index >= 15 is 0 Å². The second-order valence-corrected chi connectivity index (χ2v) is 4.13. The van der Waals surface area contributed by atoms with Gasteiger partial charge < -0.3 is 5.32 Å². The summed E-state index contributed by atoms with van der Waals surface area (Å²) in [6, 6.07) is 4.87. The van der Waals surface area contributed by atoms with Gasteiger partial charge in [-0.2, -0.15) is 0 Å². The van der Waals surface area contributed by atoms with Crippen molar-refractivity contribution in [2.24, 2.45) is 0 Å². The number of aryl methyl sites for hydroxylation is 2. The van der Waals surface area contributed by atoms with E-state index in [1.165, 1.54) is 30.5 Å². The van der Waals surface area contributed by atoms with Crippen LogP contribution in [0.5, 0.6) is 0 Å². The Bertz CT molecular complexity index is 314. The molecular formula is C12H18N2. The average molecular weight is 190 g/mol. The van der Waals surface area contributed by atoms with Gasteiger partial charge in [0.05, 0.1) is 0 Å². The van der Waals surface area contributed by atoms with Gasteiger partial charge in [0.15, 0.2) is 0 Å². The number of hydrogen-bond donors (Lipinski definition) is 1. The Balaban J connectivity index is 2.22. The predicted octanol–water partition coefficient (Wildman–Crippen LogP) is 2.51. The van der Waals surface area contributed by atoms with Gasteiger partial charge in [0.25, 0.3) is 0 Å². The molecule has 1 aliphatic heterocycles. The van der Waals surface area contributed by atoms with Crippen molar-refractivity contribution in [3.05, 3.63) is 29.1 Å². The van der Waals surface area contributed by atoms with Gasteiger partial charge in [-0.3, -0.25) is 4.98 Å². The minimum Gasteiger partial charge on any atom is -0.310 e. The number of pyridine rings is 1. The summed E-state index contributed by atoms with van der Waals surface area (Å²) in [4.78, 5) is 4.51. The van der Waals surface area contributed by atoms with Gasteiger partial charge in [0.2, 0.25) is 0 Å². The van der Waals surface area contributed by atoms with Gasteiger partial charge in [0.1, 0.15) is 0 Å². The third-order valence-electron chi connectivity index (χ3n) is 2.95. The first-order valence-electron chi connectivity index (χ1n) is 5.45. The minimum absolute atomic E-state index is 0.539. The van der Waals surface area contributed by atoms with E-state index in [2.05, 4.69) is 29.4 Å². The molecule has 76 valence electrons. The van der Waals surface area contributed by atoms with Gasteiger partial charge in [-0.15, -0.1) is 0 Å². The lowest BCUT2D eigenvalue weighted by molar-refractivity contribution is 0.410. The number of rotatable bonds is 1. The third-order valence-corrected chi connectivity index (χ3v) is 2.95. The van der Waals surface area contributed by atoms with Crippen LogP contribution in [0.25, 0.3) is 0 Å². The van der Waals surface area contributed by atoms with Crippen molar-refractivity contribution >= 4 is 0 Å². The van der Waals surface area contributed by atoms with Crippen LogP contribution in [0.15, 0.2) is 12.1 Å². The third kappa shape index (κ3) is 1.95. The van der Waals surface area contributed by atoms with E-state index in [1.54, 1.807) is 0 Å². The summed E-state index contributed by atoms with van der Waals surface area (Å²) in [5, 5.41) is 3.56. The van der Waals surface area contributed by atoms with Gasteiger partial charge in [-0.05, 0) is 44.9 Å². The van der Waals surface area contributed by atoms with Crippen LogP contribution in [0.1, 0.15) is 42.3 Å². The first kappa shape index (κ1) is 9.66. The molecule has 14 heavy (non-hydrogen) atoms. The predicted molar refractivity (Wildman–Crippen MR) is 58.3 cm³/mol. The molecule has 0 amide bonds. The Labute approximate surface area is 85.7 Å². The normalized spacial score (nSPS) is 22.3. The lowest BCUT2D eigenvalue weighted by Gasteiger charge is -2.24. The molecule has 2 rings (SSSR count). The zero-order chi connectivity index (χ0) is 9.97. The standard InChI is InChI=1S/C12H18N2/c1-9-6-7-11(10(2)14-9)12-5-3-4-8-13-12/h6-7,12-13H,3-5,8H2,1-2H3/t12-/m0/s1. The first-order chi connectivity index (χ1) is 6.77. The molecule has 0 unspecified atom stereocenters. The van der Waals surface area contributed by atoms with E-state index in [0.29, 0.717) is 6.04 Å². The number of hydrogen-bond acceptors (Lipinski definition) is 2. The van der Waals surface area contributed by atoms with E-state index in [0.717, 1.165) is 12.2 Å². The van der Waals surface area contributed by atoms with Crippen LogP contribution < -0.4 is 5.32 Å². The Morgan fingerprint density at radius 2 is 2.14 bits per heavy atom. The van der Waals surface area contributed by atoms with Crippen molar-refractivity contribution < 1.29 is 0 Å². The zero-order valence-corrected chi connectivity index (χ0v) is 9.01. The molecule has 0 aromatic carbocycles. The van der Waals surface area contributed by atoms with Crippen molar-refractivity contribution in [3.8, 4) is 0 Å². The van der Waals surface area contributed by atoms with Crippen LogP contribution >= 0.6 is 0 Å². The second kappa shape index (κ2) is 4.09. The van der Waals surface area contributed by atoms with E-state index in [4.69, 9.17) is 0 Å². The highest BCUT2D eigenvalue weighted by Crippen LogP contribution is 2.24. The van der Waals surface area contributed by atoms with Crippen molar-refractivity contribution in [2.75, 3.05) is 6.54 Å². The highest BCUT2D eigenvalue weighted by Gasteiger charge is 2.16. The molecule has 2 nitrogen and oxygen atoms in total. The van der Waals surface area contributed by atoms with Crippen molar-refractivity contribution in [2.45, 2.75) is 39.2 Å². The summed E-state index contributed by atoms with van der Waals surface area (Å²) < 4.78 is 0. The molecule has 1 saturated heterocycles. The molecule has 0 spiro atoms. The SMILES string of the molecule is Cc1ccc([C@@H]2CCCCN2)c(C)n1. The Morgan fingerprint density at radius 1 is 1.29 bits per heavy atom. The Morgan fingerprint density at radius 3 is 2.79 bits per heavy atom. The van der Waals surface area contributed by atoms with Crippen LogP contribution in [-0.2, 0) is 0 Å². The fourth-order valence-electron chi connectivity index (χ4n) is 2.18. The topological polar surface area (TPSA) is 24.9 Å². The fourth-order valence-corrected chi connectivity index (χ4v) is 2.18. The molecule has 1 aliphatic rings. The molecule has 1 aromatic rings. The summed E-state index contributed by atoms with van der Waals surface area (Å²) in [6.07, 6.45) is 3.91. The summed E-state index contributed by atoms with van der Waals surface area (Å²) in [5.41, 5.74) is 3.68. The largest absolute Gasteiger partial charge is 0.310 e. The van der Waals surface area contributed by atoms with Crippen LogP contribution in [0, 0.1) is 13.8 Å². The number of nitrogens with one attached hydrogen (secondary N) is 1. The van der Waals surface area contributed by atoms with Crippen molar-refractivity contribution in [1.29, 1.82) is 0 Å². The maximum Gasteiger partial charge on any atom is 0.0423 e. The maximum atomic E-state index is 4.51. The molecule has 1 N–H and O–H groups in total. The van der Waals surface area contributed by atoms with Gasteiger partial charge in [-0.25, -0.2) is 0 Å². The minimum atomic E-state index is 0.539. The van der Waals surface area contributed by atoms with Crippen LogP contribution in [0.2, 0.25) is 0 Å². The number of nitrogens with zero attached hydrogens (tertiary/aromatic N) is 1. The van der Waals surface area contributed by atoms with E-state index < -0.39 is 0 Å². The summed E-state index contributed by atoms with van der Waals surface area (Å²) in [6.45, 7) is 5.31. The van der Waals surface area contributed by atoms with E-state index in [9.17, 15) is 0 Å². The lowest BCUT2D eigenvalue weighted by Crippen LogP contribution is -2.27. The van der Waals surface area contributed by atoms with Crippen molar-refractivity contribution in [3.63, 3.8) is 0 Å². The quantitative estimate of drug-likeness (QED) is 0.736. The molecule has 0 saturated carbocycles. The lowest BCUT2D eigenvalue weighted by atomic mass is 9.96. The first-order valence-corrected chi connectivity index (χ1v) is 5.45. The Kier molecular flexibility index (Phi) is 2.82. The summed E-state index contributed by atoms with van der Waals surface area (Å²) in [7, 11) is 0. The second-order valence-electron chi connectivity index (χ2n) is 4.13. The van der Waals surface area contributed by atoms with Gasteiger partial charge in [0, 0.05) is 17.4 Å². The average Bonchev–Trinajstić information content (AvgIpc) is 2.19. The molecule has 0 bridgehead atoms. The molecule has 1 aromatic heterocycles. The molecule has 1 fully saturated rings.